The van der Waals surface area contributed by atoms with E-state index in [2.05, 4.69) is 30.3 Å². The number of anilines is 2. The standard InChI is InChI=1S/C14H21N7/c1-3-15-12-17-13(20-7-5-4-6-8-20)19-14(18-12)21-10-11(2)9-16-21/h9-10H,3-8H2,1-2H3,(H,15,17,18,19). The van der Waals surface area contributed by atoms with E-state index >= 15 is 0 Å². The van der Waals surface area contributed by atoms with Gasteiger partial charge in [0, 0.05) is 25.8 Å². The van der Waals surface area contributed by atoms with Gasteiger partial charge in [-0.3, -0.25) is 0 Å². The lowest BCUT2D eigenvalue weighted by molar-refractivity contribution is 0.566. The first-order valence-corrected chi connectivity index (χ1v) is 7.53. The molecule has 21 heavy (non-hydrogen) atoms. The Morgan fingerprint density at radius 2 is 1.86 bits per heavy atom. The molecule has 2 aromatic rings. The normalized spacial score (nSPS) is 15.2. The second-order valence-corrected chi connectivity index (χ2v) is 5.30. The number of aryl methyl sites for hydroxylation is 1. The average molecular weight is 287 g/mol. The Labute approximate surface area is 124 Å². The van der Waals surface area contributed by atoms with Crippen LogP contribution in [0.5, 0.6) is 0 Å². The second-order valence-electron chi connectivity index (χ2n) is 5.30. The van der Waals surface area contributed by atoms with E-state index in [9.17, 15) is 0 Å². The fourth-order valence-corrected chi connectivity index (χ4v) is 2.45. The zero-order chi connectivity index (χ0) is 14.7. The summed E-state index contributed by atoms with van der Waals surface area (Å²) in [6.07, 6.45) is 7.39. The smallest absolute Gasteiger partial charge is 0.257 e. The Balaban J connectivity index is 1.96. The van der Waals surface area contributed by atoms with Crippen molar-refractivity contribution in [1.29, 1.82) is 0 Å². The first-order valence-electron chi connectivity index (χ1n) is 7.53. The highest BCUT2D eigenvalue weighted by atomic mass is 15.4. The van der Waals surface area contributed by atoms with Crippen LogP contribution >= 0.6 is 0 Å². The number of nitrogens with zero attached hydrogens (tertiary/aromatic N) is 6. The molecule has 7 nitrogen and oxygen atoms in total. The van der Waals surface area contributed by atoms with Crippen LogP contribution in [-0.4, -0.2) is 44.4 Å². The molecule has 1 fully saturated rings. The van der Waals surface area contributed by atoms with Crippen LogP contribution < -0.4 is 10.2 Å². The molecule has 0 amide bonds. The van der Waals surface area contributed by atoms with E-state index in [4.69, 9.17) is 0 Å². The Morgan fingerprint density at radius 3 is 2.52 bits per heavy atom. The van der Waals surface area contributed by atoms with E-state index < -0.39 is 0 Å². The summed E-state index contributed by atoms with van der Waals surface area (Å²) >= 11 is 0. The summed E-state index contributed by atoms with van der Waals surface area (Å²) in [6, 6.07) is 0. The summed E-state index contributed by atoms with van der Waals surface area (Å²) in [5, 5.41) is 7.47. The third-order valence-electron chi connectivity index (χ3n) is 3.50. The molecular formula is C14H21N7. The number of hydrogen-bond donors (Lipinski definition) is 1. The fourth-order valence-electron chi connectivity index (χ4n) is 2.45. The van der Waals surface area contributed by atoms with Crippen molar-refractivity contribution >= 4 is 11.9 Å². The Hall–Kier alpha value is -2.18. The van der Waals surface area contributed by atoms with Gasteiger partial charge in [0.05, 0.1) is 6.20 Å². The van der Waals surface area contributed by atoms with Crippen LogP contribution in [0.4, 0.5) is 11.9 Å². The summed E-state index contributed by atoms with van der Waals surface area (Å²) < 4.78 is 1.70. The van der Waals surface area contributed by atoms with Gasteiger partial charge in [-0.25, -0.2) is 4.68 Å². The topological polar surface area (TPSA) is 71.8 Å². The maximum Gasteiger partial charge on any atom is 0.257 e. The zero-order valence-corrected chi connectivity index (χ0v) is 12.6. The highest BCUT2D eigenvalue weighted by molar-refractivity contribution is 5.40. The van der Waals surface area contributed by atoms with Crippen LogP contribution in [-0.2, 0) is 0 Å². The van der Waals surface area contributed by atoms with Crippen molar-refractivity contribution in [2.75, 3.05) is 29.9 Å². The molecule has 0 aromatic carbocycles. The van der Waals surface area contributed by atoms with Gasteiger partial charge in [-0.1, -0.05) is 0 Å². The monoisotopic (exact) mass is 287 g/mol. The summed E-state index contributed by atoms with van der Waals surface area (Å²) in [7, 11) is 0. The third-order valence-corrected chi connectivity index (χ3v) is 3.50. The highest BCUT2D eigenvalue weighted by Crippen LogP contribution is 2.18. The Kier molecular flexibility index (Phi) is 3.98. The first-order chi connectivity index (χ1) is 10.3. The largest absolute Gasteiger partial charge is 0.354 e. The maximum atomic E-state index is 4.59. The van der Waals surface area contributed by atoms with Crippen molar-refractivity contribution in [1.82, 2.24) is 24.7 Å². The lowest BCUT2D eigenvalue weighted by atomic mass is 10.1. The van der Waals surface area contributed by atoms with E-state index in [1.807, 2.05) is 20.0 Å². The maximum absolute atomic E-state index is 4.59. The molecule has 0 saturated carbocycles. The molecule has 0 unspecified atom stereocenters. The van der Waals surface area contributed by atoms with Gasteiger partial charge in [-0.2, -0.15) is 20.1 Å². The van der Waals surface area contributed by atoms with Gasteiger partial charge in [0.2, 0.25) is 11.9 Å². The molecule has 0 bridgehead atoms. The van der Waals surface area contributed by atoms with Gasteiger partial charge in [0.25, 0.3) is 5.95 Å². The van der Waals surface area contributed by atoms with Gasteiger partial charge < -0.3 is 10.2 Å². The molecule has 0 spiro atoms. The number of hydrogen-bond acceptors (Lipinski definition) is 6. The predicted molar refractivity (Wildman–Crippen MR) is 81.9 cm³/mol. The minimum absolute atomic E-state index is 0.564. The molecular weight excluding hydrogens is 266 g/mol. The lowest BCUT2D eigenvalue weighted by Crippen LogP contribution is -2.31. The van der Waals surface area contributed by atoms with Crippen molar-refractivity contribution in [3.8, 4) is 5.95 Å². The molecule has 0 radical (unpaired) electrons. The lowest BCUT2D eigenvalue weighted by Gasteiger charge is -2.26. The number of rotatable bonds is 4. The van der Waals surface area contributed by atoms with Gasteiger partial charge in [-0.05, 0) is 38.7 Å². The molecule has 3 heterocycles. The van der Waals surface area contributed by atoms with Crippen LogP contribution in [0.1, 0.15) is 31.7 Å². The Bertz CT molecular complexity index is 601. The molecule has 0 aliphatic carbocycles. The molecule has 3 rings (SSSR count). The van der Waals surface area contributed by atoms with Gasteiger partial charge in [-0.15, -0.1) is 0 Å². The van der Waals surface area contributed by atoms with E-state index in [0.717, 1.165) is 31.1 Å². The van der Waals surface area contributed by atoms with Crippen LogP contribution in [0, 0.1) is 6.92 Å². The van der Waals surface area contributed by atoms with E-state index in [1.54, 1.807) is 10.9 Å². The van der Waals surface area contributed by atoms with Crippen LogP contribution in [0.15, 0.2) is 12.4 Å². The molecule has 7 heteroatoms. The third kappa shape index (κ3) is 3.12. The number of nitrogens with one attached hydrogen (secondary N) is 1. The number of aromatic nitrogens is 5. The van der Waals surface area contributed by atoms with Crippen LogP contribution in [0.2, 0.25) is 0 Å². The average Bonchev–Trinajstić information content (AvgIpc) is 2.95. The van der Waals surface area contributed by atoms with E-state index in [0.29, 0.717) is 11.9 Å². The minimum atomic E-state index is 0.564. The van der Waals surface area contributed by atoms with Gasteiger partial charge in [0.1, 0.15) is 0 Å². The second kappa shape index (κ2) is 6.07. The van der Waals surface area contributed by atoms with Gasteiger partial charge >= 0.3 is 0 Å². The van der Waals surface area contributed by atoms with Crippen molar-refractivity contribution in [2.24, 2.45) is 0 Å². The minimum Gasteiger partial charge on any atom is -0.354 e. The van der Waals surface area contributed by atoms with Crippen LogP contribution in [0.25, 0.3) is 5.95 Å². The first kappa shape index (κ1) is 13.8. The van der Waals surface area contributed by atoms with Crippen molar-refractivity contribution in [3.05, 3.63) is 18.0 Å². The van der Waals surface area contributed by atoms with Gasteiger partial charge in [0.15, 0.2) is 0 Å². The van der Waals surface area contributed by atoms with Crippen molar-refractivity contribution in [3.63, 3.8) is 0 Å². The van der Waals surface area contributed by atoms with Crippen molar-refractivity contribution in [2.45, 2.75) is 33.1 Å². The highest BCUT2D eigenvalue weighted by Gasteiger charge is 2.17. The zero-order valence-electron chi connectivity index (χ0n) is 12.6. The summed E-state index contributed by atoms with van der Waals surface area (Å²) in [6.45, 7) is 6.82. The van der Waals surface area contributed by atoms with Crippen molar-refractivity contribution < 1.29 is 0 Å². The fraction of sp³-hybridized carbons (Fsp3) is 0.571. The molecule has 112 valence electrons. The van der Waals surface area contributed by atoms with E-state index in [-0.39, 0.29) is 0 Å². The molecule has 1 aliphatic heterocycles. The quantitative estimate of drug-likeness (QED) is 0.924. The van der Waals surface area contributed by atoms with Crippen LogP contribution in [0.3, 0.4) is 0 Å². The molecule has 0 atom stereocenters. The summed E-state index contributed by atoms with van der Waals surface area (Å²) in [4.78, 5) is 15.8. The predicted octanol–water partition coefficient (Wildman–Crippen LogP) is 1.79. The molecule has 1 N–H and O–H groups in total. The Morgan fingerprint density at radius 1 is 1.10 bits per heavy atom. The molecule has 1 saturated heterocycles. The molecule has 2 aromatic heterocycles. The summed E-state index contributed by atoms with van der Waals surface area (Å²) in [5.41, 5.74) is 1.08. The number of piperidine rings is 1. The SMILES string of the molecule is CCNc1nc(N2CCCCC2)nc(-n2cc(C)cn2)n1. The molecule has 1 aliphatic rings. The summed E-state index contributed by atoms with van der Waals surface area (Å²) in [5.74, 6) is 1.91. The van der Waals surface area contributed by atoms with E-state index in [1.165, 1.54) is 19.3 Å².